The second-order valence-electron chi connectivity index (χ2n) is 13.4. The van der Waals surface area contributed by atoms with Crippen LogP contribution in [0.3, 0.4) is 0 Å². The zero-order valence-corrected chi connectivity index (χ0v) is 24.7. The van der Waals surface area contributed by atoms with E-state index < -0.39 is 28.1 Å². The second kappa shape index (κ2) is 9.66. The predicted octanol–water partition coefficient (Wildman–Crippen LogP) is 6.05. The average Bonchev–Trinajstić information content (AvgIpc) is 3.52. The van der Waals surface area contributed by atoms with E-state index in [-0.39, 0.29) is 18.4 Å². The first-order valence-electron chi connectivity index (χ1n) is 15.5. The highest BCUT2D eigenvalue weighted by molar-refractivity contribution is 6.07. The topological polar surface area (TPSA) is 74.3 Å². The summed E-state index contributed by atoms with van der Waals surface area (Å²) in [4.78, 5) is 34.2. The van der Waals surface area contributed by atoms with Crippen molar-refractivity contribution in [2.24, 2.45) is 0 Å². The Morgan fingerprint density at radius 1 is 0.909 bits per heavy atom. The standard InChI is InChI=1S/C36H34F2N4O2/c1-34(26-14-27(37)16-28(38)15-26)21-40-36(9-5-2-6-10-36)33(44)42(34)20-22-11-23-12-24-17-35(18-25(24)13-31(23)39-19-22)29-7-3-4-8-30(29)41-32(35)43/h3-4,7-8,11-16,19,40H,2,5-6,9-10,17-18,20-21H2,1H3,(H,41,43)/t34?,35-/m0/s1. The summed E-state index contributed by atoms with van der Waals surface area (Å²) in [5, 5.41) is 7.55. The van der Waals surface area contributed by atoms with Crippen LogP contribution in [-0.2, 0) is 39.9 Å². The Kier molecular flexibility index (Phi) is 6.01. The Morgan fingerprint density at radius 2 is 1.64 bits per heavy atom. The summed E-state index contributed by atoms with van der Waals surface area (Å²) in [6.45, 7) is 2.53. The molecule has 2 N–H and O–H groups in total. The third-order valence-corrected chi connectivity index (χ3v) is 10.7. The number of benzene rings is 3. The fraction of sp³-hybridized carbons (Fsp3) is 0.361. The number of aromatic nitrogens is 1. The normalized spacial score (nSPS) is 25.5. The highest BCUT2D eigenvalue weighted by Gasteiger charge is 2.53. The number of hydrogen-bond donors (Lipinski definition) is 2. The first-order valence-corrected chi connectivity index (χ1v) is 15.5. The van der Waals surface area contributed by atoms with Gasteiger partial charge in [-0.05, 0) is 96.8 Å². The van der Waals surface area contributed by atoms with Crippen molar-refractivity contribution >= 4 is 28.4 Å². The van der Waals surface area contributed by atoms with Crippen LogP contribution in [0.4, 0.5) is 14.5 Å². The molecule has 0 bridgehead atoms. The lowest BCUT2D eigenvalue weighted by Gasteiger charge is -2.54. The van der Waals surface area contributed by atoms with Crippen molar-refractivity contribution in [3.05, 3.63) is 106 Å². The molecule has 44 heavy (non-hydrogen) atoms. The van der Waals surface area contributed by atoms with Crippen molar-refractivity contribution in [1.82, 2.24) is 15.2 Å². The van der Waals surface area contributed by atoms with Gasteiger partial charge in [0.05, 0.1) is 22.0 Å². The third-order valence-electron chi connectivity index (χ3n) is 10.7. The van der Waals surface area contributed by atoms with Crippen molar-refractivity contribution in [2.45, 2.75) is 74.9 Å². The van der Waals surface area contributed by atoms with Gasteiger partial charge in [-0.1, -0.05) is 37.5 Å². The van der Waals surface area contributed by atoms with Crippen molar-refractivity contribution in [3.8, 4) is 0 Å². The zero-order chi connectivity index (χ0) is 30.3. The van der Waals surface area contributed by atoms with E-state index in [1.807, 2.05) is 36.1 Å². The van der Waals surface area contributed by atoms with Gasteiger partial charge < -0.3 is 15.5 Å². The van der Waals surface area contributed by atoms with Crippen LogP contribution in [0.15, 0.2) is 66.9 Å². The van der Waals surface area contributed by atoms with E-state index in [2.05, 4.69) is 28.8 Å². The second-order valence-corrected chi connectivity index (χ2v) is 13.4. The van der Waals surface area contributed by atoms with E-state index in [1.165, 1.54) is 12.1 Å². The summed E-state index contributed by atoms with van der Waals surface area (Å²) < 4.78 is 28.9. The molecule has 2 fully saturated rings. The molecule has 3 heterocycles. The highest BCUT2D eigenvalue weighted by Crippen LogP contribution is 2.48. The Balaban J connectivity index is 1.16. The maximum atomic E-state index is 14.5. The van der Waals surface area contributed by atoms with E-state index >= 15 is 0 Å². The lowest BCUT2D eigenvalue weighted by molar-refractivity contribution is -0.154. The summed E-state index contributed by atoms with van der Waals surface area (Å²) in [6.07, 6.45) is 7.56. The predicted molar refractivity (Wildman–Crippen MR) is 164 cm³/mol. The van der Waals surface area contributed by atoms with Gasteiger partial charge in [0, 0.05) is 36.4 Å². The molecule has 0 radical (unpaired) electrons. The van der Waals surface area contributed by atoms with Gasteiger partial charge in [-0.25, -0.2) is 8.78 Å². The lowest BCUT2D eigenvalue weighted by Crippen LogP contribution is -2.71. The number of pyridine rings is 1. The van der Waals surface area contributed by atoms with Gasteiger partial charge in [-0.2, -0.15) is 0 Å². The van der Waals surface area contributed by atoms with E-state index in [0.29, 0.717) is 24.9 Å². The molecular formula is C36H34F2N4O2. The van der Waals surface area contributed by atoms with Crippen LogP contribution in [0.5, 0.6) is 0 Å². The molecule has 8 heteroatoms. The largest absolute Gasteiger partial charge is 0.326 e. The molecule has 1 unspecified atom stereocenters. The molecule has 4 aromatic rings. The summed E-state index contributed by atoms with van der Waals surface area (Å²) in [5.41, 5.74) is 4.04. The number of para-hydroxylation sites is 1. The number of nitrogens with zero attached hydrogens (tertiary/aromatic N) is 2. The van der Waals surface area contributed by atoms with Crippen LogP contribution >= 0.6 is 0 Å². The van der Waals surface area contributed by atoms with Gasteiger partial charge >= 0.3 is 0 Å². The molecule has 1 saturated heterocycles. The molecule has 2 aliphatic carbocycles. The lowest BCUT2D eigenvalue weighted by atomic mass is 9.75. The van der Waals surface area contributed by atoms with Crippen molar-refractivity contribution in [1.29, 1.82) is 0 Å². The molecular weight excluding hydrogens is 558 g/mol. The number of fused-ring (bicyclic) bond motifs is 4. The Hall–Kier alpha value is -4.17. The first-order chi connectivity index (χ1) is 21.2. The van der Waals surface area contributed by atoms with Crippen LogP contribution in [0, 0.1) is 11.6 Å². The van der Waals surface area contributed by atoms with Crippen LogP contribution < -0.4 is 10.6 Å². The van der Waals surface area contributed by atoms with Crippen molar-refractivity contribution in [2.75, 3.05) is 11.9 Å². The summed E-state index contributed by atoms with van der Waals surface area (Å²) in [7, 11) is 0. The van der Waals surface area contributed by atoms with Gasteiger partial charge in [0.2, 0.25) is 11.8 Å². The monoisotopic (exact) mass is 592 g/mol. The van der Waals surface area contributed by atoms with Gasteiger partial charge in [0.25, 0.3) is 0 Å². The van der Waals surface area contributed by atoms with Gasteiger partial charge in [-0.15, -0.1) is 0 Å². The van der Waals surface area contributed by atoms with Gasteiger partial charge in [0.15, 0.2) is 0 Å². The quantitative estimate of drug-likeness (QED) is 0.304. The summed E-state index contributed by atoms with van der Waals surface area (Å²) >= 11 is 0. The fourth-order valence-corrected chi connectivity index (χ4v) is 8.26. The molecule has 4 aliphatic rings. The zero-order valence-electron chi connectivity index (χ0n) is 24.7. The number of rotatable bonds is 3. The highest BCUT2D eigenvalue weighted by atomic mass is 19.1. The number of carbonyl (C=O) groups excluding carboxylic acids is 2. The molecule has 2 aliphatic heterocycles. The molecule has 2 spiro atoms. The molecule has 6 nitrogen and oxygen atoms in total. The number of halogens is 2. The Morgan fingerprint density at radius 3 is 2.41 bits per heavy atom. The molecule has 224 valence electrons. The van der Waals surface area contributed by atoms with Crippen LogP contribution in [0.1, 0.15) is 66.8 Å². The molecule has 2 atom stereocenters. The van der Waals surface area contributed by atoms with E-state index in [1.54, 1.807) is 6.20 Å². The number of nitrogens with one attached hydrogen (secondary N) is 2. The van der Waals surface area contributed by atoms with Crippen LogP contribution in [-0.4, -0.2) is 33.8 Å². The molecule has 8 rings (SSSR count). The molecule has 1 saturated carbocycles. The number of anilines is 1. The molecule has 3 aromatic carbocycles. The van der Waals surface area contributed by atoms with E-state index in [4.69, 9.17) is 4.98 Å². The van der Waals surface area contributed by atoms with Gasteiger partial charge in [0.1, 0.15) is 11.6 Å². The van der Waals surface area contributed by atoms with Crippen molar-refractivity contribution < 1.29 is 18.4 Å². The smallest absolute Gasteiger partial charge is 0.243 e. The maximum Gasteiger partial charge on any atom is 0.243 e. The minimum Gasteiger partial charge on any atom is -0.326 e. The van der Waals surface area contributed by atoms with Gasteiger partial charge in [-0.3, -0.25) is 14.6 Å². The summed E-state index contributed by atoms with van der Waals surface area (Å²) in [6, 6.07) is 17.7. The molecule has 2 amide bonds. The van der Waals surface area contributed by atoms with E-state index in [9.17, 15) is 18.4 Å². The van der Waals surface area contributed by atoms with E-state index in [0.717, 1.165) is 77.0 Å². The third kappa shape index (κ3) is 4.03. The van der Waals surface area contributed by atoms with Crippen molar-refractivity contribution in [3.63, 3.8) is 0 Å². The number of carbonyl (C=O) groups is 2. The summed E-state index contributed by atoms with van der Waals surface area (Å²) in [5.74, 6) is -1.32. The first kappa shape index (κ1) is 27.4. The Labute approximate surface area is 254 Å². The molecule has 1 aromatic heterocycles. The fourth-order valence-electron chi connectivity index (χ4n) is 8.26. The Bertz CT molecular complexity index is 1850. The van der Waals surface area contributed by atoms with Crippen LogP contribution in [0.2, 0.25) is 0 Å². The maximum absolute atomic E-state index is 14.5. The average molecular weight is 593 g/mol. The van der Waals surface area contributed by atoms with Crippen LogP contribution in [0.25, 0.3) is 10.9 Å². The SMILES string of the molecule is CC1(c2cc(F)cc(F)c2)CNC2(CCCCC2)C(=O)N1Cc1cnc2cc3c(cc2c1)C[C@@]1(C3)C(=O)Nc2ccccc21. The number of hydrogen-bond acceptors (Lipinski definition) is 4. The minimum absolute atomic E-state index is 0.0301. The number of piperazine rings is 1. The minimum atomic E-state index is -0.967. The number of amides is 2.